The van der Waals surface area contributed by atoms with Crippen molar-refractivity contribution in [3.8, 4) is 0 Å². The maximum absolute atomic E-state index is 13.4. The Hall–Kier alpha value is -2.76. The third-order valence-corrected chi connectivity index (χ3v) is 3.00. The maximum Gasteiger partial charge on any atom is 0.310 e. The lowest BCUT2D eigenvalue weighted by atomic mass is 10.1. The van der Waals surface area contributed by atoms with Crippen molar-refractivity contribution in [2.45, 2.75) is 13.3 Å². The van der Waals surface area contributed by atoms with Gasteiger partial charge in [-0.25, -0.2) is 8.78 Å². The summed E-state index contributed by atoms with van der Waals surface area (Å²) in [5.41, 5.74) is 1.62. The Morgan fingerprint density at radius 1 is 1.13 bits per heavy atom. The monoisotopic (exact) mass is 319 g/mol. The molecule has 0 heterocycles. The minimum absolute atomic E-state index is 0.0415. The number of rotatable bonds is 5. The van der Waals surface area contributed by atoms with E-state index >= 15 is 0 Å². The molecular formula is C17H15F2NO3. The van der Waals surface area contributed by atoms with Crippen LogP contribution in [0.25, 0.3) is 0 Å². The summed E-state index contributed by atoms with van der Waals surface area (Å²) >= 11 is 0. The molecule has 6 heteroatoms. The predicted octanol–water partition coefficient (Wildman–Crippen LogP) is 3.00. The molecule has 2 aromatic carbocycles. The zero-order valence-corrected chi connectivity index (χ0v) is 12.4. The van der Waals surface area contributed by atoms with Crippen LogP contribution in [0.3, 0.4) is 0 Å². The fourth-order valence-electron chi connectivity index (χ4n) is 1.96. The highest BCUT2D eigenvalue weighted by atomic mass is 19.1. The first-order valence-electron chi connectivity index (χ1n) is 6.90. The first kappa shape index (κ1) is 16.6. The van der Waals surface area contributed by atoms with E-state index in [1.165, 1.54) is 0 Å². The fourth-order valence-corrected chi connectivity index (χ4v) is 1.96. The van der Waals surface area contributed by atoms with Crippen molar-refractivity contribution in [1.82, 2.24) is 0 Å². The summed E-state index contributed by atoms with van der Waals surface area (Å²) in [6, 6.07) is 10.1. The molecule has 2 aromatic rings. The van der Waals surface area contributed by atoms with Gasteiger partial charge in [-0.1, -0.05) is 29.8 Å². The maximum atomic E-state index is 13.4. The van der Waals surface area contributed by atoms with Gasteiger partial charge in [0.05, 0.1) is 12.1 Å². The highest BCUT2D eigenvalue weighted by Gasteiger charge is 2.11. The normalized spacial score (nSPS) is 10.2. The first-order valence-corrected chi connectivity index (χ1v) is 6.90. The molecular weight excluding hydrogens is 304 g/mol. The van der Waals surface area contributed by atoms with Crippen LogP contribution in [0.4, 0.5) is 14.5 Å². The van der Waals surface area contributed by atoms with E-state index in [4.69, 9.17) is 4.74 Å². The Morgan fingerprint density at radius 3 is 2.61 bits per heavy atom. The summed E-state index contributed by atoms with van der Waals surface area (Å²) < 4.78 is 31.0. The number of halogens is 2. The number of nitrogens with one attached hydrogen (secondary N) is 1. The Morgan fingerprint density at radius 2 is 1.91 bits per heavy atom. The Balaban J connectivity index is 1.83. The van der Waals surface area contributed by atoms with Crippen LogP contribution in [0, 0.1) is 18.6 Å². The number of amides is 1. The second-order valence-electron chi connectivity index (χ2n) is 5.00. The number of esters is 1. The fraction of sp³-hybridized carbons (Fsp3) is 0.176. The quantitative estimate of drug-likeness (QED) is 0.862. The Kier molecular flexibility index (Phi) is 5.41. The van der Waals surface area contributed by atoms with Gasteiger partial charge in [0.2, 0.25) is 0 Å². The number of ether oxygens (including phenoxy) is 1. The van der Waals surface area contributed by atoms with Gasteiger partial charge in [0, 0.05) is 6.07 Å². The highest BCUT2D eigenvalue weighted by molar-refractivity contribution is 5.93. The van der Waals surface area contributed by atoms with Crippen molar-refractivity contribution in [3.63, 3.8) is 0 Å². The lowest BCUT2D eigenvalue weighted by Crippen LogP contribution is -2.22. The number of benzene rings is 2. The average molecular weight is 319 g/mol. The van der Waals surface area contributed by atoms with Gasteiger partial charge in [-0.2, -0.15) is 0 Å². The lowest BCUT2D eigenvalue weighted by molar-refractivity contribution is -0.146. The molecule has 120 valence electrons. The van der Waals surface area contributed by atoms with Gasteiger partial charge in [0.1, 0.15) is 11.6 Å². The van der Waals surface area contributed by atoms with Crippen LogP contribution in [-0.4, -0.2) is 18.5 Å². The van der Waals surface area contributed by atoms with E-state index in [0.717, 1.165) is 23.3 Å². The summed E-state index contributed by atoms with van der Waals surface area (Å²) in [5.74, 6) is -2.91. The van der Waals surface area contributed by atoms with Crippen molar-refractivity contribution >= 4 is 17.6 Å². The largest absolute Gasteiger partial charge is 0.455 e. The van der Waals surface area contributed by atoms with Crippen LogP contribution in [0.2, 0.25) is 0 Å². The molecule has 0 saturated carbocycles. The summed E-state index contributed by atoms with van der Waals surface area (Å²) in [6.45, 7) is 1.36. The number of aryl methyl sites for hydroxylation is 1. The molecule has 0 radical (unpaired) electrons. The van der Waals surface area contributed by atoms with Crippen molar-refractivity contribution in [1.29, 1.82) is 0 Å². The SMILES string of the molecule is Cc1cccc(CC(=O)OCC(=O)Nc2ccc(F)cc2F)c1. The molecule has 23 heavy (non-hydrogen) atoms. The summed E-state index contributed by atoms with van der Waals surface area (Å²) in [6.07, 6.45) is 0.0415. The van der Waals surface area contributed by atoms with E-state index in [1.807, 2.05) is 25.1 Å². The highest BCUT2D eigenvalue weighted by Crippen LogP contribution is 2.14. The Bertz CT molecular complexity index is 732. The number of hydrogen-bond acceptors (Lipinski definition) is 3. The van der Waals surface area contributed by atoms with Crippen LogP contribution < -0.4 is 5.32 Å². The summed E-state index contributed by atoms with van der Waals surface area (Å²) in [5, 5.41) is 2.21. The summed E-state index contributed by atoms with van der Waals surface area (Å²) in [7, 11) is 0. The lowest BCUT2D eigenvalue weighted by Gasteiger charge is -2.08. The third-order valence-electron chi connectivity index (χ3n) is 3.00. The Labute approximate surface area is 132 Å². The van der Waals surface area contributed by atoms with E-state index in [1.54, 1.807) is 6.07 Å². The number of carbonyl (C=O) groups is 2. The molecule has 1 N–H and O–H groups in total. The molecule has 0 fully saturated rings. The minimum Gasteiger partial charge on any atom is -0.455 e. The van der Waals surface area contributed by atoms with Gasteiger partial charge in [0.15, 0.2) is 6.61 Å². The van der Waals surface area contributed by atoms with Gasteiger partial charge >= 0.3 is 5.97 Å². The van der Waals surface area contributed by atoms with Crippen LogP contribution in [-0.2, 0) is 20.7 Å². The van der Waals surface area contributed by atoms with Crippen molar-refractivity contribution < 1.29 is 23.1 Å². The molecule has 0 aliphatic rings. The molecule has 0 aliphatic heterocycles. The zero-order valence-electron chi connectivity index (χ0n) is 12.4. The standard InChI is InChI=1S/C17H15F2NO3/c1-11-3-2-4-12(7-11)8-17(22)23-10-16(21)20-15-6-5-13(18)9-14(15)19/h2-7,9H,8,10H2,1H3,(H,20,21). The van der Waals surface area contributed by atoms with Crippen molar-refractivity contribution in [2.24, 2.45) is 0 Å². The van der Waals surface area contributed by atoms with Crippen molar-refractivity contribution in [2.75, 3.05) is 11.9 Å². The van der Waals surface area contributed by atoms with Gasteiger partial charge in [0.25, 0.3) is 5.91 Å². The topological polar surface area (TPSA) is 55.4 Å². The van der Waals surface area contributed by atoms with Gasteiger partial charge in [-0.3, -0.25) is 9.59 Å². The number of anilines is 1. The molecule has 0 aromatic heterocycles. The van der Waals surface area contributed by atoms with Crippen molar-refractivity contribution in [3.05, 3.63) is 65.2 Å². The molecule has 0 spiro atoms. The molecule has 2 rings (SSSR count). The first-order chi connectivity index (χ1) is 10.9. The van der Waals surface area contributed by atoms with E-state index in [0.29, 0.717) is 6.07 Å². The second kappa shape index (κ2) is 7.49. The predicted molar refractivity (Wildman–Crippen MR) is 80.8 cm³/mol. The van der Waals surface area contributed by atoms with E-state index in [9.17, 15) is 18.4 Å². The van der Waals surface area contributed by atoms with Gasteiger partial charge < -0.3 is 10.1 Å². The second-order valence-corrected chi connectivity index (χ2v) is 5.00. The summed E-state index contributed by atoms with van der Waals surface area (Å²) in [4.78, 5) is 23.3. The number of carbonyl (C=O) groups excluding carboxylic acids is 2. The van der Waals surface area contributed by atoms with E-state index in [-0.39, 0.29) is 12.1 Å². The smallest absolute Gasteiger partial charge is 0.310 e. The third kappa shape index (κ3) is 5.18. The molecule has 0 saturated heterocycles. The molecule has 0 bridgehead atoms. The van der Waals surface area contributed by atoms with Gasteiger partial charge in [-0.05, 0) is 24.6 Å². The van der Waals surface area contributed by atoms with E-state index in [2.05, 4.69) is 5.32 Å². The van der Waals surface area contributed by atoms with Crippen LogP contribution in [0.1, 0.15) is 11.1 Å². The average Bonchev–Trinajstić information content (AvgIpc) is 2.48. The number of hydrogen-bond donors (Lipinski definition) is 1. The molecule has 1 amide bonds. The molecule has 0 atom stereocenters. The van der Waals surface area contributed by atoms with Crippen LogP contribution >= 0.6 is 0 Å². The minimum atomic E-state index is -0.899. The zero-order chi connectivity index (χ0) is 16.8. The van der Waals surface area contributed by atoms with Crippen LogP contribution in [0.5, 0.6) is 0 Å². The van der Waals surface area contributed by atoms with Gasteiger partial charge in [-0.15, -0.1) is 0 Å². The van der Waals surface area contributed by atoms with Crippen LogP contribution in [0.15, 0.2) is 42.5 Å². The molecule has 4 nitrogen and oxygen atoms in total. The van der Waals surface area contributed by atoms with E-state index < -0.39 is 30.1 Å². The molecule has 0 unspecified atom stereocenters. The molecule has 0 aliphatic carbocycles.